The molecule has 0 aromatic heterocycles. The molecule has 0 aliphatic heterocycles. The molecule has 96 valence electrons. The fourth-order valence-electron chi connectivity index (χ4n) is 2.30. The Bertz CT molecular complexity index is 185. The van der Waals surface area contributed by atoms with Crippen LogP contribution in [0.1, 0.15) is 46.5 Å². The van der Waals surface area contributed by atoms with Crippen LogP contribution < -0.4 is 5.32 Å². The molecular weight excluding hydrogens is 202 g/mol. The smallest absolute Gasteiger partial charge is 0.0694 e. The van der Waals surface area contributed by atoms with Crippen molar-refractivity contribution in [2.45, 2.75) is 64.2 Å². The fraction of sp³-hybridized carbons (Fsp3) is 1.00. The first-order valence-electron chi connectivity index (χ1n) is 6.52. The van der Waals surface area contributed by atoms with Crippen molar-refractivity contribution in [3.05, 3.63) is 0 Å². The van der Waals surface area contributed by atoms with Crippen LogP contribution in [-0.2, 0) is 9.47 Å². The highest BCUT2D eigenvalue weighted by Crippen LogP contribution is 2.38. The van der Waals surface area contributed by atoms with Crippen molar-refractivity contribution >= 4 is 0 Å². The normalized spacial score (nSPS) is 20.8. The van der Waals surface area contributed by atoms with Gasteiger partial charge >= 0.3 is 0 Å². The van der Waals surface area contributed by atoms with Crippen LogP contribution in [0.4, 0.5) is 0 Å². The van der Waals surface area contributed by atoms with Crippen molar-refractivity contribution in [3.8, 4) is 0 Å². The minimum absolute atomic E-state index is 0.132. The lowest BCUT2D eigenvalue weighted by atomic mass is 9.75. The van der Waals surface area contributed by atoms with Crippen LogP contribution >= 0.6 is 0 Å². The number of hydrogen-bond donors (Lipinski definition) is 1. The van der Waals surface area contributed by atoms with Crippen LogP contribution in [0.5, 0.6) is 0 Å². The SMILES string of the molecule is CCNC(COC(C)C)CC1(OC)CCC1. The summed E-state index contributed by atoms with van der Waals surface area (Å²) in [6, 6.07) is 0.424. The van der Waals surface area contributed by atoms with E-state index in [0.29, 0.717) is 12.1 Å². The number of hydrogen-bond acceptors (Lipinski definition) is 3. The van der Waals surface area contributed by atoms with E-state index in [1.807, 2.05) is 7.11 Å². The van der Waals surface area contributed by atoms with Crippen molar-refractivity contribution in [1.29, 1.82) is 0 Å². The van der Waals surface area contributed by atoms with Crippen molar-refractivity contribution in [1.82, 2.24) is 5.32 Å². The number of likely N-dealkylation sites (N-methyl/N-ethyl adjacent to an activating group) is 1. The lowest BCUT2D eigenvalue weighted by Gasteiger charge is -2.43. The zero-order chi connectivity index (χ0) is 12.0. The molecule has 3 heteroatoms. The predicted octanol–water partition coefficient (Wildman–Crippen LogP) is 2.35. The van der Waals surface area contributed by atoms with E-state index in [4.69, 9.17) is 9.47 Å². The Balaban J connectivity index is 2.37. The van der Waals surface area contributed by atoms with Crippen LogP contribution in [0.3, 0.4) is 0 Å². The van der Waals surface area contributed by atoms with E-state index in [1.165, 1.54) is 19.3 Å². The van der Waals surface area contributed by atoms with Gasteiger partial charge in [0.05, 0.1) is 18.3 Å². The maximum absolute atomic E-state index is 5.70. The lowest BCUT2D eigenvalue weighted by molar-refractivity contribution is -0.0897. The minimum Gasteiger partial charge on any atom is -0.378 e. The Morgan fingerprint density at radius 2 is 2.00 bits per heavy atom. The van der Waals surface area contributed by atoms with Gasteiger partial charge in [-0.05, 0) is 46.1 Å². The first-order valence-corrected chi connectivity index (χ1v) is 6.52. The molecule has 0 amide bonds. The number of nitrogens with one attached hydrogen (secondary N) is 1. The first-order chi connectivity index (χ1) is 7.62. The Kier molecular flexibility index (Phi) is 5.73. The van der Waals surface area contributed by atoms with Crippen LogP contribution in [-0.4, -0.2) is 38.0 Å². The third-order valence-electron chi connectivity index (χ3n) is 3.44. The fourth-order valence-corrected chi connectivity index (χ4v) is 2.30. The molecule has 1 unspecified atom stereocenters. The third-order valence-corrected chi connectivity index (χ3v) is 3.44. The maximum atomic E-state index is 5.70. The molecule has 0 spiro atoms. The summed E-state index contributed by atoms with van der Waals surface area (Å²) in [6.07, 6.45) is 5.09. The molecule has 1 aliphatic carbocycles. The predicted molar refractivity (Wildman–Crippen MR) is 66.8 cm³/mol. The molecule has 1 N–H and O–H groups in total. The second-order valence-electron chi connectivity index (χ2n) is 5.08. The monoisotopic (exact) mass is 229 g/mol. The molecule has 1 rings (SSSR count). The Labute approximate surface area is 99.9 Å². The van der Waals surface area contributed by atoms with Gasteiger partial charge in [0.15, 0.2) is 0 Å². The van der Waals surface area contributed by atoms with Crippen molar-refractivity contribution in [3.63, 3.8) is 0 Å². The molecule has 1 fully saturated rings. The molecule has 3 nitrogen and oxygen atoms in total. The topological polar surface area (TPSA) is 30.5 Å². The van der Waals surface area contributed by atoms with E-state index >= 15 is 0 Å². The summed E-state index contributed by atoms with van der Waals surface area (Å²) >= 11 is 0. The van der Waals surface area contributed by atoms with E-state index in [0.717, 1.165) is 19.6 Å². The number of rotatable bonds is 8. The van der Waals surface area contributed by atoms with Crippen LogP contribution in [0, 0.1) is 0 Å². The van der Waals surface area contributed by atoms with E-state index in [-0.39, 0.29) is 5.60 Å². The molecule has 16 heavy (non-hydrogen) atoms. The second kappa shape index (κ2) is 6.58. The number of ether oxygens (including phenoxy) is 2. The van der Waals surface area contributed by atoms with Crippen molar-refractivity contribution < 1.29 is 9.47 Å². The first kappa shape index (κ1) is 13.9. The quantitative estimate of drug-likeness (QED) is 0.693. The van der Waals surface area contributed by atoms with Gasteiger partial charge in [0.25, 0.3) is 0 Å². The molecule has 1 atom stereocenters. The van der Waals surface area contributed by atoms with Gasteiger partial charge < -0.3 is 14.8 Å². The van der Waals surface area contributed by atoms with Crippen LogP contribution in [0.15, 0.2) is 0 Å². The summed E-state index contributed by atoms with van der Waals surface area (Å²) in [6.45, 7) is 8.09. The van der Waals surface area contributed by atoms with Gasteiger partial charge in [-0.3, -0.25) is 0 Å². The Hall–Kier alpha value is -0.120. The van der Waals surface area contributed by atoms with Crippen LogP contribution in [0.2, 0.25) is 0 Å². The second-order valence-corrected chi connectivity index (χ2v) is 5.08. The molecule has 0 saturated heterocycles. The average molecular weight is 229 g/mol. The van der Waals surface area contributed by atoms with Crippen molar-refractivity contribution in [2.24, 2.45) is 0 Å². The molecule has 1 aliphatic rings. The van der Waals surface area contributed by atoms with Gasteiger partial charge in [0, 0.05) is 13.2 Å². The standard InChI is InChI=1S/C13H27NO2/c1-5-14-12(10-16-11(2)3)9-13(15-4)7-6-8-13/h11-12,14H,5-10H2,1-4H3. The molecule has 1 saturated carbocycles. The zero-order valence-corrected chi connectivity index (χ0v) is 11.2. The summed E-state index contributed by atoms with van der Waals surface area (Å²) < 4.78 is 11.4. The highest BCUT2D eigenvalue weighted by atomic mass is 16.5. The van der Waals surface area contributed by atoms with E-state index in [9.17, 15) is 0 Å². The Morgan fingerprint density at radius 1 is 1.31 bits per heavy atom. The lowest BCUT2D eigenvalue weighted by Crippen LogP contribution is -2.47. The summed E-state index contributed by atoms with van der Waals surface area (Å²) in [7, 11) is 1.84. The minimum atomic E-state index is 0.132. The van der Waals surface area contributed by atoms with E-state index < -0.39 is 0 Å². The Morgan fingerprint density at radius 3 is 2.38 bits per heavy atom. The maximum Gasteiger partial charge on any atom is 0.0694 e. The molecular formula is C13H27NO2. The molecule has 0 heterocycles. The largest absolute Gasteiger partial charge is 0.378 e. The highest BCUT2D eigenvalue weighted by Gasteiger charge is 2.38. The highest BCUT2D eigenvalue weighted by molar-refractivity contribution is 4.93. The van der Waals surface area contributed by atoms with Gasteiger partial charge in [-0.2, -0.15) is 0 Å². The zero-order valence-electron chi connectivity index (χ0n) is 11.2. The van der Waals surface area contributed by atoms with Gasteiger partial charge in [0.2, 0.25) is 0 Å². The van der Waals surface area contributed by atoms with Gasteiger partial charge in [0.1, 0.15) is 0 Å². The van der Waals surface area contributed by atoms with Gasteiger partial charge in [-0.25, -0.2) is 0 Å². The third kappa shape index (κ3) is 4.04. The van der Waals surface area contributed by atoms with E-state index in [1.54, 1.807) is 0 Å². The van der Waals surface area contributed by atoms with Gasteiger partial charge in [-0.15, -0.1) is 0 Å². The molecule has 0 bridgehead atoms. The average Bonchev–Trinajstić information content (AvgIpc) is 2.19. The summed E-state index contributed by atoms with van der Waals surface area (Å²) in [5.74, 6) is 0. The summed E-state index contributed by atoms with van der Waals surface area (Å²) in [5, 5.41) is 3.49. The van der Waals surface area contributed by atoms with Crippen LogP contribution in [0.25, 0.3) is 0 Å². The number of methoxy groups -OCH3 is 1. The van der Waals surface area contributed by atoms with E-state index in [2.05, 4.69) is 26.1 Å². The summed E-state index contributed by atoms with van der Waals surface area (Å²) in [5.41, 5.74) is 0.132. The summed E-state index contributed by atoms with van der Waals surface area (Å²) in [4.78, 5) is 0. The van der Waals surface area contributed by atoms with Crippen molar-refractivity contribution in [2.75, 3.05) is 20.3 Å². The molecule has 0 aromatic rings. The molecule has 0 radical (unpaired) electrons. The van der Waals surface area contributed by atoms with Gasteiger partial charge in [-0.1, -0.05) is 6.92 Å². The molecule has 0 aromatic carbocycles.